The molecule has 0 unspecified atom stereocenters. The number of rotatable bonds is 6. The fraction of sp³-hybridized carbons (Fsp3) is 0.857. The van der Waals surface area contributed by atoms with Crippen LogP contribution in [0.5, 0.6) is 0 Å². The number of carboxylic acids is 1. The summed E-state index contributed by atoms with van der Waals surface area (Å²) in [6.07, 6.45) is 2.50. The predicted octanol–water partition coefficient (Wildman–Crippen LogP) is 1.65. The molecule has 20 heavy (non-hydrogen) atoms. The van der Waals surface area contributed by atoms with Crippen LogP contribution in [0.2, 0.25) is 0 Å². The lowest BCUT2D eigenvalue weighted by atomic mass is 9.76. The number of piperidine rings is 1. The second-order valence-corrected chi connectivity index (χ2v) is 5.48. The Hall–Kier alpha value is -1.30. The number of amides is 2. The van der Waals surface area contributed by atoms with Crippen LogP contribution in [0.3, 0.4) is 0 Å². The molecule has 0 saturated carbocycles. The van der Waals surface area contributed by atoms with Gasteiger partial charge in [0, 0.05) is 40.4 Å². The minimum atomic E-state index is -0.736. The molecule has 0 aromatic carbocycles. The normalized spacial score (nSPS) is 17.9. The van der Waals surface area contributed by atoms with Crippen molar-refractivity contribution in [2.45, 2.75) is 32.6 Å². The Balaban J connectivity index is 2.48. The van der Waals surface area contributed by atoms with Crippen molar-refractivity contribution in [2.75, 3.05) is 40.4 Å². The largest absolute Gasteiger partial charge is 0.481 e. The molecule has 1 aliphatic heterocycles. The lowest BCUT2D eigenvalue weighted by Crippen LogP contribution is -2.50. The fourth-order valence-electron chi connectivity index (χ4n) is 2.63. The van der Waals surface area contributed by atoms with Gasteiger partial charge < -0.3 is 19.6 Å². The molecule has 1 saturated heterocycles. The molecule has 0 bridgehead atoms. The van der Waals surface area contributed by atoms with Crippen molar-refractivity contribution in [2.24, 2.45) is 5.41 Å². The number of hydrogen-bond donors (Lipinski definition) is 1. The minimum Gasteiger partial charge on any atom is -0.481 e. The number of likely N-dealkylation sites (tertiary alicyclic amines) is 1. The van der Waals surface area contributed by atoms with Crippen LogP contribution in [0.1, 0.15) is 32.6 Å². The van der Waals surface area contributed by atoms with Crippen LogP contribution in [-0.2, 0) is 9.53 Å². The van der Waals surface area contributed by atoms with Gasteiger partial charge in [0.15, 0.2) is 0 Å². The van der Waals surface area contributed by atoms with Gasteiger partial charge in [-0.1, -0.05) is 6.92 Å². The summed E-state index contributed by atoms with van der Waals surface area (Å²) >= 11 is 0. The van der Waals surface area contributed by atoms with Crippen molar-refractivity contribution in [3.63, 3.8) is 0 Å². The Labute approximate surface area is 120 Å². The first kappa shape index (κ1) is 16.8. The van der Waals surface area contributed by atoms with Gasteiger partial charge in [-0.3, -0.25) is 4.79 Å². The van der Waals surface area contributed by atoms with E-state index in [1.807, 2.05) is 6.92 Å². The first-order valence-corrected chi connectivity index (χ1v) is 7.19. The van der Waals surface area contributed by atoms with E-state index in [2.05, 4.69) is 0 Å². The molecule has 0 aliphatic carbocycles. The van der Waals surface area contributed by atoms with E-state index in [-0.39, 0.29) is 6.03 Å². The van der Waals surface area contributed by atoms with Crippen LogP contribution in [0, 0.1) is 5.41 Å². The summed E-state index contributed by atoms with van der Waals surface area (Å²) in [5.41, 5.74) is -0.647. The molecule has 0 atom stereocenters. The molecule has 0 aromatic heterocycles. The highest BCUT2D eigenvalue weighted by Crippen LogP contribution is 2.35. The molecule has 6 nitrogen and oxygen atoms in total. The van der Waals surface area contributed by atoms with Gasteiger partial charge >= 0.3 is 12.0 Å². The van der Waals surface area contributed by atoms with Crippen molar-refractivity contribution in [1.29, 1.82) is 0 Å². The van der Waals surface area contributed by atoms with E-state index in [0.717, 1.165) is 6.42 Å². The van der Waals surface area contributed by atoms with Crippen molar-refractivity contribution in [3.8, 4) is 0 Å². The molecular weight excluding hydrogens is 260 g/mol. The van der Waals surface area contributed by atoms with Crippen LogP contribution < -0.4 is 0 Å². The van der Waals surface area contributed by atoms with E-state index in [9.17, 15) is 14.7 Å². The van der Waals surface area contributed by atoms with E-state index >= 15 is 0 Å². The molecule has 1 rings (SSSR count). The van der Waals surface area contributed by atoms with Crippen molar-refractivity contribution >= 4 is 12.0 Å². The molecular formula is C14H26N2O4. The zero-order valence-electron chi connectivity index (χ0n) is 12.7. The van der Waals surface area contributed by atoms with Gasteiger partial charge in [0.1, 0.15) is 0 Å². The number of carbonyl (C=O) groups is 2. The van der Waals surface area contributed by atoms with E-state index < -0.39 is 11.4 Å². The van der Waals surface area contributed by atoms with Crippen LogP contribution in [0.4, 0.5) is 4.79 Å². The second kappa shape index (κ2) is 7.47. The summed E-state index contributed by atoms with van der Waals surface area (Å²) in [4.78, 5) is 27.0. The quantitative estimate of drug-likeness (QED) is 0.754. The Bertz CT molecular complexity index is 338. The molecule has 1 aliphatic rings. The lowest BCUT2D eigenvalue weighted by molar-refractivity contribution is -0.152. The summed E-state index contributed by atoms with van der Waals surface area (Å²) in [6.45, 7) is 4.24. The number of ether oxygens (including phenoxy) is 1. The highest BCUT2D eigenvalue weighted by Gasteiger charge is 2.41. The minimum absolute atomic E-state index is 0.0174. The Morgan fingerprint density at radius 3 is 2.40 bits per heavy atom. The van der Waals surface area contributed by atoms with Crippen LogP contribution in [0.25, 0.3) is 0 Å². The number of urea groups is 1. The van der Waals surface area contributed by atoms with Gasteiger partial charge in [0.2, 0.25) is 0 Å². The smallest absolute Gasteiger partial charge is 0.319 e. The highest BCUT2D eigenvalue weighted by atomic mass is 16.5. The molecule has 1 fully saturated rings. The molecule has 1 heterocycles. The summed E-state index contributed by atoms with van der Waals surface area (Å²) in [7, 11) is 3.42. The van der Waals surface area contributed by atoms with Gasteiger partial charge in [-0.2, -0.15) is 0 Å². The average Bonchev–Trinajstić information content (AvgIpc) is 2.46. The standard InChI is InChI=1S/C14H26N2O4/c1-4-14(12(17)18)6-9-16(10-7-14)13(19)15(2)8-5-11-20-3/h4-11H2,1-3H3,(H,17,18). The topological polar surface area (TPSA) is 70.1 Å². The van der Waals surface area contributed by atoms with E-state index in [1.165, 1.54) is 0 Å². The number of aliphatic carboxylic acids is 1. The maximum atomic E-state index is 12.2. The lowest BCUT2D eigenvalue weighted by Gasteiger charge is -2.39. The number of carbonyl (C=O) groups excluding carboxylic acids is 1. The maximum absolute atomic E-state index is 12.2. The van der Waals surface area contributed by atoms with Crippen LogP contribution in [0.15, 0.2) is 0 Å². The predicted molar refractivity (Wildman–Crippen MR) is 75.7 cm³/mol. The van der Waals surface area contributed by atoms with Crippen molar-refractivity contribution < 1.29 is 19.4 Å². The van der Waals surface area contributed by atoms with Crippen LogP contribution in [-0.4, -0.2) is 67.3 Å². The summed E-state index contributed by atoms with van der Waals surface area (Å²) in [5.74, 6) is -0.736. The monoisotopic (exact) mass is 286 g/mol. The third kappa shape index (κ3) is 3.85. The SMILES string of the molecule is CCC1(C(=O)O)CCN(C(=O)N(C)CCCOC)CC1. The summed E-state index contributed by atoms with van der Waals surface area (Å²) in [5, 5.41) is 9.34. The van der Waals surface area contributed by atoms with Crippen LogP contribution >= 0.6 is 0 Å². The molecule has 0 spiro atoms. The number of methoxy groups -OCH3 is 1. The zero-order valence-corrected chi connectivity index (χ0v) is 12.7. The number of hydrogen-bond acceptors (Lipinski definition) is 3. The van der Waals surface area contributed by atoms with Gasteiger partial charge in [-0.05, 0) is 25.7 Å². The molecule has 0 radical (unpaired) electrons. The number of nitrogens with zero attached hydrogens (tertiary/aromatic N) is 2. The fourth-order valence-corrected chi connectivity index (χ4v) is 2.63. The van der Waals surface area contributed by atoms with Crippen molar-refractivity contribution in [1.82, 2.24) is 9.80 Å². The van der Waals surface area contributed by atoms with E-state index in [1.54, 1.807) is 24.0 Å². The molecule has 116 valence electrons. The number of carboxylic acid groups (broad SMARTS) is 1. The molecule has 1 N–H and O–H groups in total. The molecule has 0 aromatic rings. The van der Waals surface area contributed by atoms with E-state index in [0.29, 0.717) is 45.5 Å². The van der Waals surface area contributed by atoms with Crippen molar-refractivity contribution in [3.05, 3.63) is 0 Å². The summed E-state index contributed by atoms with van der Waals surface area (Å²) < 4.78 is 4.97. The molecule has 6 heteroatoms. The zero-order chi connectivity index (χ0) is 15.2. The van der Waals surface area contributed by atoms with Gasteiger partial charge in [0.05, 0.1) is 5.41 Å². The Morgan fingerprint density at radius 2 is 1.95 bits per heavy atom. The first-order chi connectivity index (χ1) is 9.46. The Morgan fingerprint density at radius 1 is 1.35 bits per heavy atom. The van der Waals surface area contributed by atoms with Gasteiger partial charge in [-0.25, -0.2) is 4.79 Å². The third-order valence-corrected chi connectivity index (χ3v) is 4.29. The third-order valence-electron chi connectivity index (χ3n) is 4.29. The van der Waals surface area contributed by atoms with E-state index in [4.69, 9.17) is 4.74 Å². The second-order valence-electron chi connectivity index (χ2n) is 5.48. The molecule has 2 amide bonds. The maximum Gasteiger partial charge on any atom is 0.319 e. The first-order valence-electron chi connectivity index (χ1n) is 7.19. The average molecular weight is 286 g/mol. The Kier molecular flexibility index (Phi) is 6.26. The highest BCUT2D eigenvalue weighted by molar-refractivity contribution is 5.77. The van der Waals surface area contributed by atoms with Gasteiger partial charge in [-0.15, -0.1) is 0 Å². The summed E-state index contributed by atoms with van der Waals surface area (Å²) in [6, 6.07) is -0.0174. The van der Waals surface area contributed by atoms with Gasteiger partial charge in [0.25, 0.3) is 0 Å².